The number of halogens is 3. The van der Waals surface area contributed by atoms with Crippen LogP contribution in [0.25, 0.3) is 0 Å². The molecule has 0 amide bonds. The van der Waals surface area contributed by atoms with Gasteiger partial charge in [-0.15, -0.1) is 0 Å². The maximum atomic E-state index is 13.2. The minimum absolute atomic E-state index is 0.0625. The van der Waals surface area contributed by atoms with Gasteiger partial charge >= 0.3 is 0 Å². The number of hydrogen-bond acceptors (Lipinski definition) is 3. The van der Waals surface area contributed by atoms with Gasteiger partial charge in [0.2, 0.25) is 11.1 Å². The molecule has 0 aliphatic heterocycles. The molecule has 0 saturated carbocycles. The molecule has 0 aliphatic carbocycles. The Labute approximate surface area is 107 Å². The van der Waals surface area contributed by atoms with E-state index in [1.807, 2.05) is 6.07 Å². The Morgan fingerprint density at radius 2 is 2.12 bits per heavy atom. The van der Waals surface area contributed by atoms with Crippen LogP contribution in [0.15, 0.2) is 30.5 Å². The summed E-state index contributed by atoms with van der Waals surface area (Å²) < 4.78 is 18.4. The Morgan fingerprint density at radius 3 is 2.88 bits per heavy atom. The van der Waals surface area contributed by atoms with E-state index in [9.17, 15) is 4.39 Å². The molecule has 0 unspecified atom stereocenters. The molecule has 0 atom stereocenters. The summed E-state index contributed by atoms with van der Waals surface area (Å²) in [6.07, 6.45) is 0.961. The molecule has 0 radical (unpaired) electrons. The summed E-state index contributed by atoms with van der Waals surface area (Å²) in [5, 5.41) is 0.528. The molecule has 0 bridgehead atoms. The predicted molar refractivity (Wildman–Crippen MR) is 62.8 cm³/mol. The summed E-state index contributed by atoms with van der Waals surface area (Å²) in [5.41, 5.74) is 0.812. The van der Waals surface area contributed by atoms with Crippen molar-refractivity contribution in [3.63, 3.8) is 0 Å². The van der Waals surface area contributed by atoms with Gasteiger partial charge in [-0.2, -0.15) is 9.37 Å². The molecule has 0 N–H and O–H groups in total. The average Bonchev–Trinajstić information content (AvgIpc) is 2.30. The molecule has 0 aliphatic rings. The van der Waals surface area contributed by atoms with Gasteiger partial charge < -0.3 is 4.74 Å². The second kappa shape index (κ2) is 5.29. The zero-order chi connectivity index (χ0) is 12.3. The quantitative estimate of drug-likeness (QED) is 0.803. The maximum absolute atomic E-state index is 13.2. The van der Waals surface area contributed by atoms with Crippen LogP contribution in [0.5, 0.6) is 5.88 Å². The third kappa shape index (κ3) is 3.28. The number of benzene rings is 1. The van der Waals surface area contributed by atoms with Gasteiger partial charge in [0.15, 0.2) is 0 Å². The smallest absolute Gasteiger partial charge is 0.255 e. The molecular weight excluding hydrogens is 266 g/mol. The van der Waals surface area contributed by atoms with E-state index in [1.165, 1.54) is 0 Å². The Hall–Kier alpha value is -1.39. The lowest BCUT2D eigenvalue weighted by molar-refractivity contribution is 0.276. The summed E-state index contributed by atoms with van der Waals surface area (Å²) >= 11 is 11.3. The normalized spacial score (nSPS) is 10.3. The van der Waals surface area contributed by atoms with Crippen LogP contribution in [-0.2, 0) is 6.61 Å². The molecule has 17 heavy (non-hydrogen) atoms. The zero-order valence-electron chi connectivity index (χ0n) is 8.53. The van der Waals surface area contributed by atoms with E-state index in [-0.39, 0.29) is 17.8 Å². The number of nitrogens with zero attached hydrogens (tertiary/aromatic N) is 2. The minimum atomic E-state index is -0.656. The van der Waals surface area contributed by atoms with Crippen molar-refractivity contribution in [3.05, 3.63) is 52.1 Å². The summed E-state index contributed by atoms with van der Waals surface area (Å²) in [4.78, 5) is 7.12. The Morgan fingerprint density at radius 1 is 1.29 bits per heavy atom. The largest absolute Gasteiger partial charge is 0.471 e. The lowest BCUT2D eigenvalue weighted by Gasteiger charge is -2.06. The van der Waals surface area contributed by atoms with Crippen LogP contribution in [-0.4, -0.2) is 9.97 Å². The highest BCUT2D eigenvalue weighted by molar-refractivity contribution is 6.30. The fourth-order valence-electron chi connectivity index (χ4n) is 1.21. The Kier molecular flexibility index (Phi) is 3.76. The molecule has 2 rings (SSSR count). The van der Waals surface area contributed by atoms with Crippen molar-refractivity contribution in [3.8, 4) is 5.88 Å². The fraction of sp³-hybridized carbons (Fsp3) is 0.0909. The third-order valence-electron chi connectivity index (χ3n) is 1.95. The maximum Gasteiger partial charge on any atom is 0.255 e. The van der Waals surface area contributed by atoms with E-state index in [1.54, 1.807) is 18.2 Å². The minimum Gasteiger partial charge on any atom is -0.471 e. The number of rotatable bonds is 3. The zero-order valence-corrected chi connectivity index (χ0v) is 10.0. The van der Waals surface area contributed by atoms with Gasteiger partial charge in [-0.05, 0) is 29.3 Å². The Balaban J connectivity index is 2.09. The fourth-order valence-corrected chi connectivity index (χ4v) is 1.55. The predicted octanol–water partition coefficient (Wildman–Crippen LogP) is 3.50. The third-order valence-corrected chi connectivity index (χ3v) is 2.36. The summed E-state index contributed by atoms with van der Waals surface area (Å²) in [6, 6.07) is 7.06. The van der Waals surface area contributed by atoms with Gasteiger partial charge in [0.1, 0.15) is 6.61 Å². The number of hydrogen-bond donors (Lipinski definition) is 0. The van der Waals surface area contributed by atoms with Crippen molar-refractivity contribution in [2.24, 2.45) is 0 Å². The van der Waals surface area contributed by atoms with Gasteiger partial charge in [0, 0.05) is 5.02 Å². The second-order valence-electron chi connectivity index (χ2n) is 3.21. The van der Waals surface area contributed by atoms with Crippen LogP contribution in [0.1, 0.15) is 5.56 Å². The number of ether oxygens (including phenoxy) is 1. The van der Waals surface area contributed by atoms with Gasteiger partial charge in [0.25, 0.3) is 5.88 Å². The van der Waals surface area contributed by atoms with Gasteiger partial charge in [-0.25, -0.2) is 4.98 Å². The molecule has 88 valence electrons. The van der Waals surface area contributed by atoms with Crippen molar-refractivity contribution < 1.29 is 9.13 Å². The highest BCUT2D eigenvalue weighted by Gasteiger charge is 2.07. The van der Waals surface area contributed by atoms with Crippen LogP contribution >= 0.6 is 23.2 Å². The van der Waals surface area contributed by atoms with E-state index in [4.69, 9.17) is 27.9 Å². The van der Waals surface area contributed by atoms with Crippen molar-refractivity contribution in [2.75, 3.05) is 0 Å². The van der Waals surface area contributed by atoms with E-state index < -0.39 is 5.82 Å². The van der Waals surface area contributed by atoms with E-state index in [0.717, 1.165) is 11.8 Å². The second-order valence-corrected chi connectivity index (χ2v) is 3.99. The molecular formula is C11H7Cl2FN2O. The first kappa shape index (κ1) is 12.1. The molecule has 1 aromatic heterocycles. The standard InChI is InChI=1S/C11H7Cl2FN2O/c12-8-3-1-2-7(4-8)6-17-10-9(14)5-15-11(13)16-10/h1-5H,6H2. The highest BCUT2D eigenvalue weighted by atomic mass is 35.5. The van der Waals surface area contributed by atoms with Crippen LogP contribution < -0.4 is 4.74 Å². The van der Waals surface area contributed by atoms with Crippen LogP contribution in [0.4, 0.5) is 4.39 Å². The van der Waals surface area contributed by atoms with Crippen LogP contribution in [0.2, 0.25) is 10.3 Å². The van der Waals surface area contributed by atoms with Crippen LogP contribution in [0, 0.1) is 5.82 Å². The average molecular weight is 273 g/mol. The van der Waals surface area contributed by atoms with E-state index in [0.29, 0.717) is 5.02 Å². The SMILES string of the molecule is Fc1cnc(Cl)nc1OCc1cccc(Cl)c1. The molecule has 2 aromatic rings. The Bertz CT molecular complexity index is 537. The molecule has 1 heterocycles. The summed E-state index contributed by atoms with van der Waals surface area (Å²) in [6.45, 7) is 0.158. The summed E-state index contributed by atoms with van der Waals surface area (Å²) in [5.74, 6) is -0.832. The van der Waals surface area contributed by atoms with Crippen molar-refractivity contribution in [2.45, 2.75) is 6.61 Å². The lowest BCUT2D eigenvalue weighted by Crippen LogP contribution is -2.00. The first-order chi connectivity index (χ1) is 8.15. The van der Waals surface area contributed by atoms with E-state index in [2.05, 4.69) is 9.97 Å². The summed E-state index contributed by atoms with van der Waals surface area (Å²) in [7, 11) is 0. The monoisotopic (exact) mass is 272 g/mol. The first-order valence-corrected chi connectivity index (χ1v) is 5.46. The molecule has 0 spiro atoms. The lowest BCUT2D eigenvalue weighted by atomic mass is 10.2. The molecule has 6 heteroatoms. The first-order valence-electron chi connectivity index (χ1n) is 4.70. The topological polar surface area (TPSA) is 35.0 Å². The molecule has 3 nitrogen and oxygen atoms in total. The van der Waals surface area contributed by atoms with Crippen molar-refractivity contribution in [1.82, 2.24) is 9.97 Å². The highest BCUT2D eigenvalue weighted by Crippen LogP contribution is 2.17. The van der Waals surface area contributed by atoms with Gasteiger partial charge in [-0.3, -0.25) is 0 Å². The van der Waals surface area contributed by atoms with Gasteiger partial charge in [-0.1, -0.05) is 23.7 Å². The number of aromatic nitrogens is 2. The molecule has 0 fully saturated rings. The van der Waals surface area contributed by atoms with E-state index >= 15 is 0 Å². The molecule has 0 saturated heterocycles. The van der Waals surface area contributed by atoms with Crippen molar-refractivity contribution in [1.29, 1.82) is 0 Å². The molecule has 1 aromatic carbocycles. The van der Waals surface area contributed by atoms with Crippen LogP contribution in [0.3, 0.4) is 0 Å². The van der Waals surface area contributed by atoms with Gasteiger partial charge in [0.05, 0.1) is 6.20 Å². The van der Waals surface area contributed by atoms with Crippen molar-refractivity contribution >= 4 is 23.2 Å².